The maximum atomic E-state index is 12.6. The van der Waals surface area contributed by atoms with Gasteiger partial charge < -0.3 is 19.7 Å². The van der Waals surface area contributed by atoms with E-state index in [2.05, 4.69) is 35.3 Å². The van der Waals surface area contributed by atoms with Crippen molar-refractivity contribution in [3.8, 4) is 0 Å². The number of carbonyl (C=O) groups excluding carboxylic acids is 1. The molecule has 1 aliphatic heterocycles. The van der Waals surface area contributed by atoms with E-state index in [4.69, 9.17) is 4.42 Å². The standard InChI is InChI=1S/C20H26N2O3/c1-13(12-23)15(3)21-20(24)17-8-9-25-19(17)11-22-14(2)10-16-6-4-5-7-18(16)22/h4-9,13-15,23H,10-12H2,1-3H3,(H,21,24). The van der Waals surface area contributed by atoms with E-state index in [0.29, 0.717) is 23.9 Å². The number of hydrogen-bond donors (Lipinski definition) is 2. The Labute approximate surface area is 148 Å². The summed E-state index contributed by atoms with van der Waals surface area (Å²) in [5, 5.41) is 12.2. The molecule has 1 aromatic carbocycles. The van der Waals surface area contributed by atoms with Crippen molar-refractivity contribution in [3.05, 3.63) is 53.5 Å². The molecular formula is C20H26N2O3. The molecule has 2 heterocycles. The van der Waals surface area contributed by atoms with Crippen LogP contribution >= 0.6 is 0 Å². The molecule has 134 valence electrons. The average molecular weight is 342 g/mol. The third kappa shape index (κ3) is 3.56. The lowest BCUT2D eigenvalue weighted by atomic mass is 10.0. The predicted octanol–water partition coefficient (Wildman–Crippen LogP) is 2.98. The number of hydrogen-bond acceptors (Lipinski definition) is 4. The number of anilines is 1. The average Bonchev–Trinajstić information content (AvgIpc) is 3.19. The van der Waals surface area contributed by atoms with Crippen LogP contribution in [0.3, 0.4) is 0 Å². The van der Waals surface area contributed by atoms with Crippen molar-refractivity contribution in [3.63, 3.8) is 0 Å². The van der Waals surface area contributed by atoms with Crippen molar-refractivity contribution in [2.24, 2.45) is 5.92 Å². The highest BCUT2D eigenvalue weighted by Gasteiger charge is 2.28. The van der Waals surface area contributed by atoms with E-state index in [1.54, 1.807) is 12.3 Å². The van der Waals surface area contributed by atoms with Gasteiger partial charge >= 0.3 is 0 Å². The number of nitrogens with zero attached hydrogens (tertiary/aromatic N) is 1. The van der Waals surface area contributed by atoms with Crippen molar-refractivity contribution < 1.29 is 14.3 Å². The van der Waals surface area contributed by atoms with Crippen LogP contribution in [0.1, 0.15) is 42.5 Å². The second kappa shape index (κ2) is 7.31. The van der Waals surface area contributed by atoms with Gasteiger partial charge in [0.2, 0.25) is 0 Å². The lowest BCUT2D eigenvalue weighted by molar-refractivity contribution is 0.0914. The molecule has 0 saturated carbocycles. The molecule has 1 amide bonds. The Bertz CT molecular complexity index is 740. The number of aliphatic hydroxyl groups excluding tert-OH is 1. The fraction of sp³-hybridized carbons (Fsp3) is 0.450. The van der Waals surface area contributed by atoms with Gasteiger partial charge in [0.05, 0.1) is 18.4 Å². The highest BCUT2D eigenvalue weighted by Crippen LogP contribution is 2.33. The number of rotatable bonds is 6. The van der Waals surface area contributed by atoms with Gasteiger partial charge in [-0.2, -0.15) is 0 Å². The van der Waals surface area contributed by atoms with Gasteiger partial charge in [-0.1, -0.05) is 25.1 Å². The van der Waals surface area contributed by atoms with Gasteiger partial charge in [-0.15, -0.1) is 0 Å². The van der Waals surface area contributed by atoms with Crippen LogP contribution in [-0.4, -0.2) is 29.7 Å². The lowest BCUT2D eigenvalue weighted by Gasteiger charge is -2.24. The minimum absolute atomic E-state index is 0.00443. The number of aliphatic hydroxyl groups is 1. The van der Waals surface area contributed by atoms with E-state index in [0.717, 1.165) is 6.42 Å². The van der Waals surface area contributed by atoms with Crippen molar-refractivity contribution >= 4 is 11.6 Å². The van der Waals surface area contributed by atoms with Gasteiger partial charge in [-0.05, 0) is 43.9 Å². The molecule has 3 rings (SSSR count). The summed E-state index contributed by atoms with van der Waals surface area (Å²) in [5.41, 5.74) is 3.10. The van der Waals surface area contributed by atoms with Crippen molar-refractivity contribution in [2.45, 2.75) is 45.8 Å². The summed E-state index contributed by atoms with van der Waals surface area (Å²) in [6.07, 6.45) is 2.57. The topological polar surface area (TPSA) is 65.7 Å². The van der Waals surface area contributed by atoms with E-state index in [1.807, 2.05) is 19.9 Å². The van der Waals surface area contributed by atoms with Gasteiger partial charge in [0.25, 0.3) is 5.91 Å². The molecule has 25 heavy (non-hydrogen) atoms. The monoisotopic (exact) mass is 342 g/mol. The lowest BCUT2D eigenvalue weighted by Crippen LogP contribution is -2.39. The molecule has 1 aliphatic rings. The molecule has 3 atom stereocenters. The summed E-state index contributed by atoms with van der Waals surface area (Å²) in [6, 6.07) is 10.3. The minimum atomic E-state index is -0.156. The first kappa shape index (κ1) is 17.5. The summed E-state index contributed by atoms with van der Waals surface area (Å²) >= 11 is 0. The Kier molecular flexibility index (Phi) is 5.13. The maximum Gasteiger partial charge on any atom is 0.255 e. The SMILES string of the molecule is CC(CO)C(C)NC(=O)c1ccoc1CN1c2ccccc2CC1C. The quantitative estimate of drug-likeness (QED) is 0.847. The Morgan fingerprint density at radius 1 is 1.36 bits per heavy atom. The van der Waals surface area contributed by atoms with Crippen LogP contribution in [0.5, 0.6) is 0 Å². The third-order valence-electron chi connectivity index (χ3n) is 5.15. The molecule has 5 nitrogen and oxygen atoms in total. The van der Waals surface area contributed by atoms with Gasteiger partial charge in [0.1, 0.15) is 5.76 Å². The number of furan rings is 1. The van der Waals surface area contributed by atoms with Crippen LogP contribution in [0.2, 0.25) is 0 Å². The largest absolute Gasteiger partial charge is 0.467 e. The number of nitrogens with one attached hydrogen (secondary N) is 1. The van der Waals surface area contributed by atoms with Crippen LogP contribution in [0.15, 0.2) is 41.0 Å². The van der Waals surface area contributed by atoms with Gasteiger partial charge in [0, 0.05) is 24.4 Å². The van der Waals surface area contributed by atoms with Crippen molar-refractivity contribution in [1.82, 2.24) is 5.32 Å². The molecule has 0 fully saturated rings. The summed E-state index contributed by atoms with van der Waals surface area (Å²) in [6.45, 7) is 6.61. The Morgan fingerprint density at radius 3 is 2.88 bits per heavy atom. The van der Waals surface area contributed by atoms with Crippen LogP contribution in [0.25, 0.3) is 0 Å². The summed E-state index contributed by atoms with van der Waals surface area (Å²) in [7, 11) is 0. The minimum Gasteiger partial charge on any atom is -0.467 e. The highest BCUT2D eigenvalue weighted by atomic mass is 16.3. The summed E-state index contributed by atoms with van der Waals surface area (Å²) < 4.78 is 5.63. The highest BCUT2D eigenvalue weighted by molar-refractivity contribution is 5.95. The smallest absolute Gasteiger partial charge is 0.255 e. The normalized spacial score (nSPS) is 18.7. The molecule has 3 unspecified atom stereocenters. The maximum absolute atomic E-state index is 12.6. The van der Waals surface area contributed by atoms with Gasteiger partial charge in [-0.3, -0.25) is 4.79 Å². The number of carbonyl (C=O) groups is 1. The first-order valence-electron chi connectivity index (χ1n) is 8.84. The van der Waals surface area contributed by atoms with Gasteiger partial charge in [-0.25, -0.2) is 0 Å². The Morgan fingerprint density at radius 2 is 2.12 bits per heavy atom. The molecule has 1 aromatic heterocycles. The summed E-state index contributed by atoms with van der Waals surface area (Å²) in [5.74, 6) is 0.520. The Hall–Kier alpha value is -2.27. The molecule has 0 bridgehead atoms. The van der Waals surface area contributed by atoms with Gasteiger partial charge in [0.15, 0.2) is 0 Å². The molecule has 2 N–H and O–H groups in total. The molecule has 0 radical (unpaired) electrons. The molecule has 0 saturated heterocycles. The second-order valence-corrected chi connectivity index (χ2v) is 6.99. The fourth-order valence-corrected chi connectivity index (χ4v) is 3.28. The zero-order valence-electron chi connectivity index (χ0n) is 15.0. The van der Waals surface area contributed by atoms with E-state index < -0.39 is 0 Å². The fourth-order valence-electron chi connectivity index (χ4n) is 3.28. The van der Waals surface area contributed by atoms with Crippen molar-refractivity contribution in [1.29, 1.82) is 0 Å². The third-order valence-corrected chi connectivity index (χ3v) is 5.15. The van der Waals surface area contributed by atoms with E-state index in [-0.39, 0.29) is 24.5 Å². The van der Waals surface area contributed by atoms with Crippen molar-refractivity contribution in [2.75, 3.05) is 11.5 Å². The van der Waals surface area contributed by atoms with E-state index in [9.17, 15) is 9.90 Å². The molecular weight excluding hydrogens is 316 g/mol. The summed E-state index contributed by atoms with van der Waals surface area (Å²) in [4.78, 5) is 14.9. The van der Waals surface area contributed by atoms with Crippen LogP contribution < -0.4 is 10.2 Å². The first-order valence-corrected chi connectivity index (χ1v) is 8.84. The van der Waals surface area contributed by atoms with E-state index >= 15 is 0 Å². The number of fused-ring (bicyclic) bond motifs is 1. The van der Waals surface area contributed by atoms with E-state index in [1.165, 1.54) is 11.3 Å². The molecule has 0 aliphatic carbocycles. The zero-order valence-corrected chi connectivity index (χ0v) is 15.0. The Balaban J connectivity index is 1.75. The predicted molar refractivity (Wildman–Crippen MR) is 97.7 cm³/mol. The molecule has 2 aromatic rings. The first-order chi connectivity index (χ1) is 12.0. The second-order valence-electron chi connectivity index (χ2n) is 6.99. The van der Waals surface area contributed by atoms with Crippen LogP contribution in [0, 0.1) is 5.92 Å². The number of para-hydroxylation sites is 1. The zero-order chi connectivity index (χ0) is 18.0. The number of amides is 1. The molecule has 0 spiro atoms. The number of benzene rings is 1. The molecule has 5 heteroatoms. The van der Waals surface area contributed by atoms with Crippen LogP contribution in [-0.2, 0) is 13.0 Å². The van der Waals surface area contributed by atoms with Crippen LogP contribution in [0.4, 0.5) is 5.69 Å².